The average molecular weight is 407 g/mol. The quantitative estimate of drug-likeness (QED) is 0.556. The van der Waals surface area contributed by atoms with Crippen LogP contribution in [-0.4, -0.2) is 18.5 Å². The van der Waals surface area contributed by atoms with Crippen LogP contribution in [0.2, 0.25) is 0 Å². The smallest absolute Gasteiger partial charge is 0.339 e. The van der Waals surface area contributed by atoms with E-state index in [2.05, 4.69) is 5.32 Å². The molecular formula is C24H22FNO4. The van der Waals surface area contributed by atoms with E-state index in [9.17, 15) is 14.0 Å². The summed E-state index contributed by atoms with van der Waals surface area (Å²) in [7, 11) is 0. The Kier molecular flexibility index (Phi) is 6.80. The summed E-state index contributed by atoms with van der Waals surface area (Å²) in [5.74, 6) is -1.38. The number of hydrogen-bond acceptors (Lipinski definition) is 4. The molecule has 1 atom stereocenters. The van der Waals surface area contributed by atoms with E-state index in [1.165, 1.54) is 12.1 Å². The minimum Gasteiger partial charge on any atom is -0.492 e. The van der Waals surface area contributed by atoms with Gasteiger partial charge in [0.25, 0.3) is 5.91 Å². The van der Waals surface area contributed by atoms with Gasteiger partial charge < -0.3 is 14.8 Å². The highest BCUT2D eigenvalue weighted by atomic mass is 19.1. The summed E-state index contributed by atoms with van der Waals surface area (Å²) in [6.07, 6.45) is -1.23. The Bertz CT molecular complexity index is 1040. The summed E-state index contributed by atoms with van der Waals surface area (Å²) in [6.45, 7) is 3.95. The third-order valence-corrected chi connectivity index (χ3v) is 4.43. The maximum atomic E-state index is 13.6. The molecule has 154 valence electrons. The normalized spacial score (nSPS) is 11.4. The average Bonchev–Trinajstić information content (AvgIpc) is 2.75. The summed E-state index contributed by atoms with van der Waals surface area (Å²) in [4.78, 5) is 25.8. The molecule has 0 saturated heterocycles. The van der Waals surface area contributed by atoms with Crippen LogP contribution in [0, 0.1) is 12.7 Å². The van der Waals surface area contributed by atoms with Crippen LogP contribution in [0.5, 0.6) is 5.75 Å². The van der Waals surface area contributed by atoms with E-state index in [4.69, 9.17) is 9.47 Å². The Morgan fingerprint density at radius 2 is 1.70 bits per heavy atom. The summed E-state index contributed by atoms with van der Waals surface area (Å²) in [5.41, 5.74) is 1.57. The Balaban J connectivity index is 1.89. The molecule has 6 heteroatoms. The molecule has 3 aromatic carbocycles. The van der Waals surface area contributed by atoms with Gasteiger partial charge in [-0.25, -0.2) is 9.18 Å². The van der Waals surface area contributed by atoms with Gasteiger partial charge in [0.2, 0.25) is 6.10 Å². The number of aryl methyl sites for hydroxylation is 1. The first kappa shape index (κ1) is 21.0. The zero-order valence-corrected chi connectivity index (χ0v) is 16.7. The molecule has 0 spiro atoms. The van der Waals surface area contributed by atoms with E-state index in [1.807, 2.05) is 6.92 Å². The Morgan fingerprint density at radius 3 is 2.43 bits per heavy atom. The number of benzene rings is 3. The van der Waals surface area contributed by atoms with Crippen molar-refractivity contribution in [1.29, 1.82) is 0 Å². The van der Waals surface area contributed by atoms with Crippen molar-refractivity contribution in [3.8, 4) is 5.75 Å². The number of rotatable bonds is 7. The number of esters is 1. The van der Waals surface area contributed by atoms with Crippen LogP contribution in [-0.2, 0) is 9.53 Å². The summed E-state index contributed by atoms with van der Waals surface area (Å²) < 4.78 is 24.7. The molecule has 3 aromatic rings. The van der Waals surface area contributed by atoms with Crippen molar-refractivity contribution in [3.05, 3.63) is 95.3 Å². The lowest BCUT2D eigenvalue weighted by molar-refractivity contribution is -0.125. The van der Waals surface area contributed by atoms with Crippen LogP contribution in [0.3, 0.4) is 0 Å². The Hall–Kier alpha value is -3.67. The number of carbonyl (C=O) groups excluding carboxylic acids is 2. The minimum absolute atomic E-state index is 0.0680. The molecule has 1 N–H and O–H groups in total. The molecule has 0 bridgehead atoms. The molecule has 0 radical (unpaired) electrons. The van der Waals surface area contributed by atoms with Crippen molar-refractivity contribution in [3.63, 3.8) is 0 Å². The number of halogens is 1. The first-order chi connectivity index (χ1) is 14.5. The second-order valence-electron chi connectivity index (χ2n) is 6.57. The van der Waals surface area contributed by atoms with Gasteiger partial charge in [-0.15, -0.1) is 0 Å². The molecule has 0 heterocycles. The first-order valence-electron chi connectivity index (χ1n) is 9.54. The molecule has 0 aliphatic carbocycles. The predicted octanol–water partition coefficient (Wildman–Crippen LogP) is 5.07. The summed E-state index contributed by atoms with van der Waals surface area (Å²) in [6, 6.07) is 19.5. The monoisotopic (exact) mass is 407 g/mol. The molecule has 0 aliphatic rings. The van der Waals surface area contributed by atoms with Crippen molar-refractivity contribution in [2.75, 3.05) is 11.9 Å². The SMILES string of the molecule is CCOc1ccccc1NC(=O)C(OC(=O)c1cc(F)ccc1C)c1ccccc1. The zero-order valence-electron chi connectivity index (χ0n) is 16.7. The Morgan fingerprint density at radius 1 is 1.00 bits per heavy atom. The fraction of sp³-hybridized carbons (Fsp3) is 0.167. The minimum atomic E-state index is -1.23. The van der Waals surface area contributed by atoms with Gasteiger partial charge in [-0.2, -0.15) is 0 Å². The molecule has 1 amide bonds. The van der Waals surface area contributed by atoms with Gasteiger partial charge in [0, 0.05) is 5.56 Å². The third-order valence-electron chi connectivity index (χ3n) is 4.43. The van der Waals surface area contributed by atoms with Crippen molar-refractivity contribution in [1.82, 2.24) is 0 Å². The second-order valence-corrected chi connectivity index (χ2v) is 6.57. The third kappa shape index (κ3) is 5.03. The van der Waals surface area contributed by atoms with E-state index in [-0.39, 0.29) is 5.56 Å². The van der Waals surface area contributed by atoms with E-state index in [0.717, 1.165) is 6.07 Å². The van der Waals surface area contributed by atoms with Gasteiger partial charge in [-0.1, -0.05) is 48.5 Å². The van der Waals surface area contributed by atoms with Gasteiger partial charge >= 0.3 is 5.97 Å². The molecule has 0 aliphatic heterocycles. The van der Waals surface area contributed by atoms with Crippen LogP contribution in [0.25, 0.3) is 0 Å². The molecule has 0 aromatic heterocycles. The summed E-state index contributed by atoms with van der Waals surface area (Å²) >= 11 is 0. The maximum absolute atomic E-state index is 13.6. The number of amides is 1. The van der Waals surface area contributed by atoms with Crippen molar-refractivity contribution in [2.24, 2.45) is 0 Å². The Labute approximate surface area is 174 Å². The number of anilines is 1. The number of carbonyl (C=O) groups is 2. The second kappa shape index (κ2) is 9.69. The predicted molar refractivity (Wildman–Crippen MR) is 112 cm³/mol. The lowest BCUT2D eigenvalue weighted by Gasteiger charge is -2.19. The molecule has 5 nitrogen and oxygen atoms in total. The molecule has 0 fully saturated rings. The van der Waals surface area contributed by atoms with Gasteiger partial charge in [0.05, 0.1) is 17.9 Å². The highest BCUT2D eigenvalue weighted by Gasteiger charge is 2.27. The van der Waals surface area contributed by atoms with E-state index >= 15 is 0 Å². The molecule has 3 rings (SSSR count). The van der Waals surface area contributed by atoms with Crippen molar-refractivity contribution >= 4 is 17.6 Å². The van der Waals surface area contributed by atoms with E-state index < -0.39 is 23.8 Å². The molecule has 0 saturated carbocycles. The van der Waals surface area contributed by atoms with E-state index in [0.29, 0.717) is 29.2 Å². The summed E-state index contributed by atoms with van der Waals surface area (Å²) in [5, 5.41) is 2.76. The largest absolute Gasteiger partial charge is 0.492 e. The number of para-hydroxylation sites is 2. The van der Waals surface area contributed by atoms with Crippen molar-refractivity contribution in [2.45, 2.75) is 20.0 Å². The van der Waals surface area contributed by atoms with Crippen LogP contribution >= 0.6 is 0 Å². The fourth-order valence-corrected chi connectivity index (χ4v) is 2.93. The zero-order chi connectivity index (χ0) is 21.5. The highest BCUT2D eigenvalue weighted by molar-refractivity contribution is 5.99. The molecular weight excluding hydrogens is 385 g/mol. The van der Waals surface area contributed by atoms with Crippen molar-refractivity contribution < 1.29 is 23.5 Å². The van der Waals surface area contributed by atoms with Crippen LogP contribution in [0.15, 0.2) is 72.8 Å². The van der Waals surface area contributed by atoms with Crippen LogP contribution in [0.4, 0.5) is 10.1 Å². The lowest BCUT2D eigenvalue weighted by Crippen LogP contribution is -2.26. The van der Waals surface area contributed by atoms with E-state index in [1.54, 1.807) is 61.5 Å². The van der Waals surface area contributed by atoms with Crippen LogP contribution < -0.4 is 10.1 Å². The molecule has 1 unspecified atom stereocenters. The maximum Gasteiger partial charge on any atom is 0.339 e. The fourth-order valence-electron chi connectivity index (χ4n) is 2.93. The van der Waals surface area contributed by atoms with Gasteiger partial charge in [-0.05, 0) is 43.7 Å². The van der Waals surface area contributed by atoms with Gasteiger partial charge in [0.15, 0.2) is 0 Å². The number of hydrogen-bond donors (Lipinski definition) is 1. The topological polar surface area (TPSA) is 64.6 Å². The van der Waals surface area contributed by atoms with Gasteiger partial charge in [0.1, 0.15) is 11.6 Å². The standard InChI is InChI=1S/C24H22FNO4/c1-3-29-21-12-8-7-11-20(21)26-23(27)22(17-9-5-4-6-10-17)30-24(28)19-15-18(25)14-13-16(19)2/h4-15,22H,3H2,1-2H3,(H,26,27). The van der Waals surface area contributed by atoms with Crippen LogP contribution in [0.1, 0.15) is 34.5 Å². The first-order valence-corrected chi connectivity index (χ1v) is 9.54. The number of ether oxygens (including phenoxy) is 2. The van der Waals surface area contributed by atoms with Gasteiger partial charge in [-0.3, -0.25) is 4.79 Å². The highest BCUT2D eigenvalue weighted by Crippen LogP contribution is 2.27. The number of nitrogens with one attached hydrogen (secondary N) is 1. The molecule has 30 heavy (non-hydrogen) atoms. The lowest BCUT2D eigenvalue weighted by atomic mass is 10.1.